The molecule has 39 heavy (non-hydrogen) atoms. The van der Waals surface area contributed by atoms with Crippen LogP contribution in [0.3, 0.4) is 0 Å². The summed E-state index contributed by atoms with van der Waals surface area (Å²) in [7, 11) is 4.03. The highest BCUT2D eigenvalue weighted by Crippen LogP contribution is 2.20. The monoisotopic (exact) mass is 554 g/mol. The van der Waals surface area contributed by atoms with Gasteiger partial charge in [0.05, 0.1) is 11.8 Å². The van der Waals surface area contributed by atoms with Crippen molar-refractivity contribution >= 4 is 11.9 Å². The summed E-state index contributed by atoms with van der Waals surface area (Å²) >= 11 is 0. The van der Waals surface area contributed by atoms with Crippen LogP contribution in [0.2, 0.25) is 0 Å². The SMILES string of the molecule is CCCCCCCCCCCCC(COC(=O)C(CCC)CCCCCCCC)OC(=O)C(C)CCN(C)C. The van der Waals surface area contributed by atoms with E-state index in [-0.39, 0.29) is 36.5 Å². The quantitative estimate of drug-likeness (QED) is 0.0713. The summed E-state index contributed by atoms with van der Waals surface area (Å²) in [5.74, 6) is -0.454. The smallest absolute Gasteiger partial charge is 0.309 e. The second kappa shape index (κ2) is 27.1. The first-order valence-electron chi connectivity index (χ1n) is 16.9. The topological polar surface area (TPSA) is 55.8 Å². The Bertz CT molecular complexity index is 565. The van der Waals surface area contributed by atoms with E-state index < -0.39 is 0 Å². The zero-order valence-corrected chi connectivity index (χ0v) is 27.1. The first kappa shape index (κ1) is 37.9. The molecule has 0 spiro atoms. The Morgan fingerprint density at radius 2 is 1.08 bits per heavy atom. The van der Waals surface area contributed by atoms with Crippen LogP contribution in [0.1, 0.15) is 163 Å². The number of esters is 2. The fraction of sp³-hybridized carbons (Fsp3) is 0.941. The third-order valence-electron chi connectivity index (χ3n) is 7.86. The molecule has 0 aromatic rings. The molecule has 0 radical (unpaired) electrons. The van der Waals surface area contributed by atoms with Crippen LogP contribution in [-0.2, 0) is 19.1 Å². The van der Waals surface area contributed by atoms with Crippen LogP contribution in [0.15, 0.2) is 0 Å². The number of ether oxygens (including phenoxy) is 2. The molecule has 0 aliphatic rings. The lowest BCUT2D eigenvalue weighted by atomic mass is 9.96. The predicted molar refractivity (Wildman–Crippen MR) is 166 cm³/mol. The Morgan fingerprint density at radius 3 is 1.56 bits per heavy atom. The molecule has 5 heteroatoms. The molecule has 0 saturated carbocycles. The maximum atomic E-state index is 13.0. The normalized spacial score (nSPS) is 13.8. The van der Waals surface area contributed by atoms with Gasteiger partial charge >= 0.3 is 11.9 Å². The Hall–Kier alpha value is -1.10. The van der Waals surface area contributed by atoms with Crippen LogP contribution in [0.25, 0.3) is 0 Å². The van der Waals surface area contributed by atoms with Gasteiger partial charge in [-0.3, -0.25) is 9.59 Å². The number of nitrogens with zero attached hydrogens (tertiary/aromatic N) is 1. The van der Waals surface area contributed by atoms with Crippen molar-refractivity contribution in [1.82, 2.24) is 4.90 Å². The molecular weight excluding hydrogens is 486 g/mol. The van der Waals surface area contributed by atoms with Gasteiger partial charge < -0.3 is 14.4 Å². The van der Waals surface area contributed by atoms with E-state index in [1.54, 1.807) is 0 Å². The van der Waals surface area contributed by atoms with E-state index in [0.717, 1.165) is 57.9 Å². The van der Waals surface area contributed by atoms with Gasteiger partial charge in [-0.25, -0.2) is 0 Å². The van der Waals surface area contributed by atoms with Crippen molar-refractivity contribution in [3.05, 3.63) is 0 Å². The van der Waals surface area contributed by atoms with Gasteiger partial charge in [0.15, 0.2) is 0 Å². The van der Waals surface area contributed by atoms with Gasteiger partial charge in [-0.1, -0.05) is 130 Å². The van der Waals surface area contributed by atoms with Crippen LogP contribution in [0, 0.1) is 11.8 Å². The lowest BCUT2D eigenvalue weighted by molar-refractivity contribution is -0.164. The minimum Gasteiger partial charge on any atom is -0.462 e. The van der Waals surface area contributed by atoms with E-state index in [1.165, 1.54) is 83.5 Å². The van der Waals surface area contributed by atoms with Crippen molar-refractivity contribution in [3.63, 3.8) is 0 Å². The van der Waals surface area contributed by atoms with Gasteiger partial charge in [-0.05, 0) is 52.7 Å². The largest absolute Gasteiger partial charge is 0.462 e. The number of carbonyl (C=O) groups excluding carboxylic acids is 2. The summed E-state index contributed by atoms with van der Waals surface area (Å²) in [6, 6.07) is 0. The molecule has 5 nitrogen and oxygen atoms in total. The van der Waals surface area contributed by atoms with Crippen molar-refractivity contribution in [2.45, 2.75) is 169 Å². The number of carbonyl (C=O) groups is 2. The van der Waals surface area contributed by atoms with Crippen molar-refractivity contribution < 1.29 is 19.1 Å². The minimum atomic E-state index is -0.339. The molecule has 0 saturated heterocycles. The minimum absolute atomic E-state index is 0.0335. The maximum Gasteiger partial charge on any atom is 0.309 e. The van der Waals surface area contributed by atoms with Gasteiger partial charge in [0.1, 0.15) is 12.7 Å². The summed E-state index contributed by atoms with van der Waals surface area (Å²) in [4.78, 5) is 27.9. The second-order valence-electron chi connectivity index (χ2n) is 12.2. The van der Waals surface area contributed by atoms with Crippen LogP contribution >= 0.6 is 0 Å². The van der Waals surface area contributed by atoms with E-state index in [2.05, 4.69) is 25.7 Å². The summed E-state index contributed by atoms with van der Waals surface area (Å²) in [5, 5.41) is 0. The molecule has 0 rings (SSSR count). The molecule has 0 aliphatic carbocycles. The molecular formula is C34H67NO4. The summed E-state index contributed by atoms with van der Waals surface area (Å²) in [5.41, 5.74) is 0. The second-order valence-corrected chi connectivity index (χ2v) is 12.2. The van der Waals surface area contributed by atoms with E-state index in [4.69, 9.17) is 9.47 Å². The van der Waals surface area contributed by atoms with Crippen molar-refractivity contribution in [3.8, 4) is 0 Å². The standard InChI is InChI=1S/C34H67NO4/c1-7-10-12-14-16-17-18-19-21-23-26-32(39-33(36)30(4)27-28-35(5)6)29-38-34(37)31(24-9-3)25-22-20-15-13-11-8-2/h30-32H,7-29H2,1-6H3. The highest BCUT2D eigenvalue weighted by atomic mass is 16.6. The Kier molecular flexibility index (Phi) is 26.3. The first-order valence-corrected chi connectivity index (χ1v) is 16.9. The summed E-state index contributed by atoms with van der Waals surface area (Å²) < 4.78 is 11.7. The average Bonchev–Trinajstić information content (AvgIpc) is 2.92. The van der Waals surface area contributed by atoms with Gasteiger partial charge in [-0.2, -0.15) is 0 Å². The van der Waals surface area contributed by atoms with Crippen LogP contribution in [-0.4, -0.2) is 50.2 Å². The molecule has 0 N–H and O–H groups in total. The highest BCUT2D eigenvalue weighted by molar-refractivity contribution is 5.73. The third-order valence-corrected chi connectivity index (χ3v) is 7.86. The Labute approximate surface area is 243 Å². The van der Waals surface area contributed by atoms with Crippen LogP contribution in [0.4, 0.5) is 0 Å². The third kappa shape index (κ3) is 23.3. The van der Waals surface area contributed by atoms with Gasteiger partial charge in [-0.15, -0.1) is 0 Å². The number of rotatable bonds is 28. The van der Waals surface area contributed by atoms with Gasteiger partial charge in [0.2, 0.25) is 0 Å². The highest BCUT2D eigenvalue weighted by Gasteiger charge is 2.24. The Balaban J connectivity index is 4.67. The van der Waals surface area contributed by atoms with Gasteiger partial charge in [0.25, 0.3) is 0 Å². The van der Waals surface area contributed by atoms with Crippen molar-refractivity contribution in [1.29, 1.82) is 0 Å². The molecule has 0 aromatic heterocycles. The van der Waals surface area contributed by atoms with Crippen LogP contribution < -0.4 is 0 Å². The lowest BCUT2D eigenvalue weighted by Gasteiger charge is -2.22. The van der Waals surface area contributed by atoms with Crippen molar-refractivity contribution in [2.75, 3.05) is 27.2 Å². The van der Waals surface area contributed by atoms with Crippen molar-refractivity contribution in [2.24, 2.45) is 11.8 Å². The first-order chi connectivity index (χ1) is 18.8. The van der Waals surface area contributed by atoms with Crippen LogP contribution in [0.5, 0.6) is 0 Å². The fourth-order valence-corrected chi connectivity index (χ4v) is 5.08. The predicted octanol–water partition coefficient (Wildman–Crippen LogP) is 9.51. The number of hydrogen-bond donors (Lipinski definition) is 0. The number of hydrogen-bond acceptors (Lipinski definition) is 5. The molecule has 232 valence electrons. The molecule has 3 atom stereocenters. The summed E-state index contributed by atoms with van der Waals surface area (Å²) in [6.45, 7) is 9.61. The van der Waals surface area contributed by atoms with E-state index in [0.29, 0.717) is 0 Å². The molecule has 0 bridgehead atoms. The molecule has 0 amide bonds. The molecule has 0 aliphatic heterocycles. The summed E-state index contributed by atoms with van der Waals surface area (Å²) in [6.07, 6.45) is 24.1. The van der Waals surface area contributed by atoms with E-state index in [1.807, 2.05) is 21.0 Å². The average molecular weight is 554 g/mol. The number of unbranched alkanes of at least 4 members (excludes halogenated alkanes) is 14. The lowest BCUT2D eigenvalue weighted by Crippen LogP contribution is -2.30. The molecule has 0 aromatic carbocycles. The molecule has 3 unspecified atom stereocenters. The zero-order valence-electron chi connectivity index (χ0n) is 27.1. The van der Waals surface area contributed by atoms with E-state index in [9.17, 15) is 9.59 Å². The van der Waals surface area contributed by atoms with Gasteiger partial charge in [0, 0.05) is 0 Å². The maximum absolute atomic E-state index is 13.0. The fourth-order valence-electron chi connectivity index (χ4n) is 5.08. The van der Waals surface area contributed by atoms with E-state index >= 15 is 0 Å². The molecule has 0 fully saturated rings. The zero-order chi connectivity index (χ0) is 29.1. The Morgan fingerprint density at radius 1 is 0.590 bits per heavy atom. The molecule has 0 heterocycles.